The monoisotopic (exact) mass is 309 g/mol. The molecule has 7 nitrogen and oxygen atoms in total. The van der Waals surface area contributed by atoms with Crippen molar-refractivity contribution in [2.45, 2.75) is 26.1 Å². The Morgan fingerprint density at radius 3 is 2.77 bits per heavy atom. The smallest absolute Gasteiger partial charge is 0.320 e. The molecule has 0 radical (unpaired) electrons. The van der Waals surface area contributed by atoms with Gasteiger partial charge in [0, 0.05) is 0 Å². The number of carboxylic acid groups (broad SMARTS) is 1. The normalized spacial score (nSPS) is 12.4. The van der Waals surface area contributed by atoms with Crippen LogP contribution in [0, 0.1) is 5.82 Å². The second-order valence-electron chi connectivity index (χ2n) is 4.78. The van der Waals surface area contributed by atoms with E-state index in [1.165, 1.54) is 24.3 Å². The third-order valence-electron chi connectivity index (χ3n) is 3.09. The van der Waals surface area contributed by atoms with Gasteiger partial charge in [0.1, 0.15) is 17.6 Å². The lowest BCUT2D eigenvalue weighted by Gasteiger charge is -2.18. The fraction of sp³-hybridized carbons (Fsp3) is 0.357. The first kappa shape index (κ1) is 15.9. The Balaban J connectivity index is 1.88. The first-order valence-electron chi connectivity index (χ1n) is 6.58. The zero-order chi connectivity index (χ0) is 16.1. The van der Waals surface area contributed by atoms with E-state index in [0.29, 0.717) is 17.5 Å². The summed E-state index contributed by atoms with van der Waals surface area (Å²) in [4.78, 5) is 16.5. The minimum atomic E-state index is -0.929. The van der Waals surface area contributed by atoms with Gasteiger partial charge >= 0.3 is 5.97 Å². The number of carboxylic acids is 1. The van der Waals surface area contributed by atoms with Crippen molar-refractivity contribution in [2.24, 2.45) is 0 Å². The fourth-order valence-electron chi connectivity index (χ4n) is 1.63. The van der Waals surface area contributed by atoms with Crippen LogP contribution in [0.3, 0.4) is 0 Å². The van der Waals surface area contributed by atoms with E-state index in [1.54, 1.807) is 18.9 Å². The van der Waals surface area contributed by atoms with E-state index in [4.69, 9.17) is 14.4 Å². The van der Waals surface area contributed by atoms with Crippen molar-refractivity contribution in [1.82, 2.24) is 15.0 Å². The standard InChI is InChI=1S/C14H16FN3O4/c1-9(14(19)20)18(2)7-13-16-12(17-22-13)8-21-11-5-3-10(15)4-6-11/h3-6,9H,7-8H2,1-2H3,(H,19,20). The summed E-state index contributed by atoms with van der Waals surface area (Å²) in [6.45, 7) is 1.86. The second kappa shape index (κ2) is 6.99. The van der Waals surface area contributed by atoms with Gasteiger partial charge in [-0.25, -0.2) is 4.39 Å². The number of hydrogen-bond donors (Lipinski definition) is 1. The van der Waals surface area contributed by atoms with Gasteiger partial charge in [-0.2, -0.15) is 4.98 Å². The van der Waals surface area contributed by atoms with Gasteiger partial charge < -0.3 is 14.4 Å². The van der Waals surface area contributed by atoms with Crippen LogP contribution in [0.15, 0.2) is 28.8 Å². The van der Waals surface area contributed by atoms with Crippen LogP contribution in [-0.4, -0.2) is 39.2 Å². The largest absolute Gasteiger partial charge is 0.485 e. The van der Waals surface area contributed by atoms with E-state index in [1.807, 2.05) is 0 Å². The summed E-state index contributed by atoms with van der Waals surface area (Å²) in [5.41, 5.74) is 0. The van der Waals surface area contributed by atoms with Crippen LogP contribution in [0.5, 0.6) is 5.75 Å². The summed E-state index contributed by atoms with van der Waals surface area (Å²) in [6.07, 6.45) is 0. The molecule has 22 heavy (non-hydrogen) atoms. The van der Waals surface area contributed by atoms with E-state index in [9.17, 15) is 9.18 Å². The van der Waals surface area contributed by atoms with Crippen molar-refractivity contribution >= 4 is 5.97 Å². The quantitative estimate of drug-likeness (QED) is 0.832. The Bertz CT molecular complexity index is 629. The number of carbonyl (C=O) groups is 1. The Labute approximate surface area is 126 Å². The van der Waals surface area contributed by atoms with Crippen LogP contribution >= 0.6 is 0 Å². The molecule has 0 spiro atoms. The molecule has 0 fully saturated rings. The molecule has 1 heterocycles. The first-order valence-corrected chi connectivity index (χ1v) is 6.58. The number of aliphatic carboxylic acids is 1. The van der Waals surface area contributed by atoms with Crippen LogP contribution in [0.25, 0.3) is 0 Å². The molecule has 1 unspecified atom stereocenters. The molecule has 0 bridgehead atoms. The maximum atomic E-state index is 12.8. The van der Waals surface area contributed by atoms with Crippen LogP contribution in [-0.2, 0) is 17.9 Å². The molecular formula is C14H16FN3O4. The summed E-state index contributed by atoms with van der Waals surface area (Å²) >= 11 is 0. The maximum absolute atomic E-state index is 12.8. The molecule has 118 valence electrons. The third kappa shape index (κ3) is 4.26. The Hall–Kier alpha value is -2.48. The Morgan fingerprint density at radius 2 is 2.14 bits per heavy atom. The molecule has 0 amide bonds. The number of likely N-dealkylation sites (N-methyl/N-ethyl adjacent to an activating group) is 1. The van der Waals surface area contributed by atoms with Crippen molar-refractivity contribution in [3.63, 3.8) is 0 Å². The number of nitrogens with zero attached hydrogens (tertiary/aromatic N) is 3. The number of hydrogen-bond acceptors (Lipinski definition) is 6. The van der Waals surface area contributed by atoms with Gasteiger partial charge in [-0.1, -0.05) is 5.16 Å². The molecule has 0 aliphatic heterocycles. The highest BCUT2D eigenvalue weighted by Crippen LogP contribution is 2.13. The zero-order valence-corrected chi connectivity index (χ0v) is 12.2. The number of benzene rings is 1. The summed E-state index contributed by atoms with van der Waals surface area (Å²) < 4.78 is 23.2. The van der Waals surface area contributed by atoms with Gasteiger partial charge in [-0.15, -0.1) is 0 Å². The van der Waals surface area contributed by atoms with Gasteiger partial charge in [0.15, 0.2) is 6.61 Å². The van der Waals surface area contributed by atoms with Crippen molar-refractivity contribution in [3.05, 3.63) is 41.8 Å². The molecule has 2 rings (SSSR count). The highest BCUT2D eigenvalue weighted by molar-refractivity contribution is 5.72. The third-order valence-corrected chi connectivity index (χ3v) is 3.09. The number of halogens is 1. The minimum Gasteiger partial charge on any atom is -0.485 e. The lowest BCUT2D eigenvalue weighted by Crippen LogP contribution is -2.35. The summed E-state index contributed by atoms with van der Waals surface area (Å²) in [5, 5.41) is 12.7. The van der Waals surface area contributed by atoms with E-state index in [0.717, 1.165) is 0 Å². The summed E-state index contributed by atoms with van der Waals surface area (Å²) in [6, 6.07) is 4.92. The molecule has 0 saturated carbocycles. The van der Waals surface area contributed by atoms with Crippen LogP contribution in [0.1, 0.15) is 18.6 Å². The lowest BCUT2D eigenvalue weighted by molar-refractivity contribution is -0.142. The van der Waals surface area contributed by atoms with Crippen molar-refractivity contribution in [2.75, 3.05) is 7.05 Å². The van der Waals surface area contributed by atoms with Crippen LogP contribution in [0.2, 0.25) is 0 Å². The van der Waals surface area contributed by atoms with Gasteiger partial charge in [0.2, 0.25) is 11.7 Å². The average molecular weight is 309 g/mol. The van der Waals surface area contributed by atoms with E-state index in [-0.39, 0.29) is 19.0 Å². The Kier molecular flexibility index (Phi) is 5.05. The van der Waals surface area contributed by atoms with Crippen LogP contribution < -0.4 is 4.74 Å². The van der Waals surface area contributed by atoms with Gasteiger partial charge in [0.25, 0.3) is 0 Å². The Morgan fingerprint density at radius 1 is 1.45 bits per heavy atom. The molecule has 0 aliphatic carbocycles. The maximum Gasteiger partial charge on any atom is 0.320 e. The fourth-order valence-corrected chi connectivity index (χ4v) is 1.63. The topological polar surface area (TPSA) is 88.7 Å². The zero-order valence-electron chi connectivity index (χ0n) is 12.2. The second-order valence-corrected chi connectivity index (χ2v) is 4.78. The number of ether oxygens (including phenoxy) is 1. The highest BCUT2D eigenvalue weighted by atomic mass is 19.1. The summed E-state index contributed by atoms with van der Waals surface area (Å²) in [5.74, 6) is -0.153. The molecule has 1 aromatic carbocycles. The predicted molar refractivity (Wildman–Crippen MR) is 73.6 cm³/mol. The van der Waals surface area contributed by atoms with E-state index >= 15 is 0 Å². The molecular weight excluding hydrogens is 293 g/mol. The van der Waals surface area contributed by atoms with Crippen molar-refractivity contribution < 1.29 is 23.6 Å². The molecule has 0 aliphatic rings. The average Bonchev–Trinajstić information content (AvgIpc) is 2.93. The highest BCUT2D eigenvalue weighted by Gasteiger charge is 2.19. The van der Waals surface area contributed by atoms with Crippen molar-refractivity contribution in [3.8, 4) is 5.75 Å². The summed E-state index contributed by atoms with van der Waals surface area (Å²) in [7, 11) is 1.65. The van der Waals surface area contributed by atoms with Gasteiger partial charge in [0.05, 0.1) is 6.54 Å². The minimum absolute atomic E-state index is 0.0767. The molecule has 8 heteroatoms. The van der Waals surface area contributed by atoms with E-state index < -0.39 is 12.0 Å². The van der Waals surface area contributed by atoms with Crippen molar-refractivity contribution in [1.29, 1.82) is 0 Å². The van der Waals surface area contributed by atoms with Gasteiger partial charge in [-0.05, 0) is 38.2 Å². The molecule has 1 N–H and O–H groups in total. The molecule has 1 atom stereocenters. The molecule has 0 saturated heterocycles. The lowest BCUT2D eigenvalue weighted by atomic mass is 10.3. The predicted octanol–water partition coefficient (Wildman–Crippen LogP) is 1.69. The van der Waals surface area contributed by atoms with Gasteiger partial charge in [-0.3, -0.25) is 9.69 Å². The molecule has 1 aromatic heterocycles. The first-order chi connectivity index (χ1) is 10.5. The molecule has 2 aromatic rings. The number of rotatable bonds is 7. The van der Waals surface area contributed by atoms with Crippen LogP contribution in [0.4, 0.5) is 4.39 Å². The van der Waals surface area contributed by atoms with E-state index in [2.05, 4.69) is 10.1 Å². The number of aromatic nitrogens is 2. The SMILES string of the molecule is CC(C(=O)O)N(C)Cc1nc(COc2ccc(F)cc2)no1.